The molecule has 3 aromatic carbocycles. The van der Waals surface area contributed by atoms with Crippen LogP contribution >= 0.6 is 0 Å². The van der Waals surface area contributed by atoms with Crippen LogP contribution in [-0.2, 0) is 13.2 Å². The third kappa shape index (κ3) is 7.98. The molecule has 1 N–H and O–H groups in total. The van der Waals surface area contributed by atoms with Gasteiger partial charge in [-0.3, -0.25) is 9.53 Å². The molecule has 4 rings (SSSR count). The largest absolute Gasteiger partial charge is 1.00 e. The average Bonchev–Trinajstić information content (AvgIpc) is 3.14. The maximum Gasteiger partial charge on any atom is 1.00 e. The summed E-state index contributed by atoms with van der Waals surface area (Å²) in [4.78, 5) is 25.8. The van der Waals surface area contributed by atoms with Crippen molar-refractivity contribution in [1.82, 2.24) is 9.72 Å². The minimum atomic E-state index is -0.899. The molecule has 0 saturated heterocycles. The van der Waals surface area contributed by atoms with Crippen LogP contribution in [0.2, 0.25) is 0 Å². The first-order valence-corrected chi connectivity index (χ1v) is 12.1. The first-order valence-electron chi connectivity index (χ1n) is 12.1. The molecular formula is C29H31N2NaO6. The fraction of sp³-hybridized carbons (Fsp3) is 0.310. The van der Waals surface area contributed by atoms with Crippen molar-refractivity contribution in [1.29, 1.82) is 0 Å². The molecular weight excluding hydrogens is 495 g/mol. The summed E-state index contributed by atoms with van der Waals surface area (Å²) in [5, 5.41) is 9.90. The summed E-state index contributed by atoms with van der Waals surface area (Å²) >= 11 is 0. The van der Waals surface area contributed by atoms with Crippen molar-refractivity contribution in [2.75, 3.05) is 6.61 Å². The Morgan fingerprint density at radius 3 is 2.21 bits per heavy atom. The molecule has 0 bridgehead atoms. The van der Waals surface area contributed by atoms with Crippen molar-refractivity contribution >= 4 is 0 Å². The first kappa shape index (κ1) is 29.5. The van der Waals surface area contributed by atoms with Gasteiger partial charge in [-0.25, -0.2) is 4.79 Å². The van der Waals surface area contributed by atoms with Crippen LogP contribution in [0, 0.1) is 13.8 Å². The summed E-state index contributed by atoms with van der Waals surface area (Å²) in [6, 6.07) is 19.5. The van der Waals surface area contributed by atoms with Gasteiger partial charge in [-0.2, -0.15) is 0 Å². The maximum atomic E-state index is 11.6. The number of ether oxygens (including phenoxy) is 2. The van der Waals surface area contributed by atoms with Crippen LogP contribution in [0.3, 0.4) is 0 Å². The van der Waals surface area contributed by atoms with Gasteiger partial charge in [0.1, 0.15) is 18.1 Å². The Morgan fingerprint density at radius 1 is 0.921 bits per heavy atom. The Morgan fingerprint density at radius 2 is 1.61 bits per heavy atom. The predicted molar refractivity (Wildman–Crippen MR) is 140 cm³/mol. The number of benzene rings is 3. The SMILES string of the molecule is Cc1cc(OCCC(C)(C)O)cc(C)c1-c1cccc(COc2ccc(Cn3oc(=O)[n-]c3=O)cc2)c1.[Na+]. The molecule has 4 aromatic rings. The zero-order chi connectivity index (χ0) is 26.6. The molecule has 0 aliphatic rings. The van der Waals surface area contributed by atoms with Crippen LogP contribution in [0.1, 0.15) is 42.5 Å². The second-order valence-electron chi connectivity index (χ2n) is 9.76. The summed E-state index contributed by atoms with van der Waals surface area (Å²) in [6.45, 7) is 8.66. The predicted octanol–water partition coefficient (Wildman–Crippen LogP) is 1.21. The second-order valence-corrected chi connectivity index (χ2v) is 9.76. The molecule has 0 fully saturated rings. The van der Waals surface area contributed by atoms with E-state index in [1.54, 1.807) is 13.8 Å². The van der Waals surface area contributed by atoms with E-state index in [2.05, 4.69) is 31.0 Å². The van der Waals surface area contributed by atoms with Crippen LogP contribution in [0.15, 0.2) is 74.8 Å². The molecule has 0 unspecified atom stereocenters. The van der Waals surface area contributed by atoms with E-state index in [1.807, 2.05) is 48.5 Å². The third-order valence-electron chi connectivity index (χ3n) is 5.95. The van der Waals surface area contributed by atoms with Crippen molar-refractivity contribution in [3.63, 3.8) is 0 Å². The van der Waals surface area contributed by atoms with Crippen molar-refractivity contribution in [3.05, 3.63) is 104 Å². The van der Waals surface area contributed by atoms with E-state index in [1.165, 1.54) is 0 Å². The number of hydrogen-bond donors (Lipinski definition) is 1. The average molecular weight is 527 g/mol. The van der Waals surface area contributed by atoms with E-state index >= 15 is 0 Å². The summed E-state index contributed by atoms with van der Waals surface area (Å²) in [7, 11) is 0. The van der Waals surface area contributed by atoms with Crippen LogP contribution in [0.25, 0.3) is 11.1 Å². The first-order chi connectivity index (χ1) is 17.6. The van der Waals surface area contributed by atoms with E-state index in [0.717, 1.165) is 43.9 Å². The fourth-order valence-corrected chi connectivity index (χ4v) is 4.11. The third-order valence-corrected chi connectivity index (χ3v) is 5.95. The van der Waals surface area contributed by atoms with E-state index in [9.17, 15) is 14.7 Å². The molecule has 1 aromatic heterocycles. The molecule has 0 aliphatic carbocycles. The maximum absolute atomic E-state index is 11.6. The van der Waals surface area contributed by atoms with Gasteiger partial charge in [0.05, 0.1) is 12.2 Å². The summed E-state index contributed by atoms with van der Waals surface area (Å²) in [5.41, 5.74) is 4.84. The number of aliphatic hydroxyl groups is 1. The van der Waals surface area contributed by atoms with E-state index in [4.69, 9.17) is 14.0 Å². The van der Waals surface area contributed by atoms with Crippen LogP contribution in [-0.4, -0.2) is 22.1 Å². The molecule has 8 nitrogen and oxygen atoms in total. The van der Waals surface area contributed by atoms with Gasteiger partial charge in [0.15, 0.2) is 5.69 Å². The molecule has 0 radical (unpaired) electrons. The zero-order valence-electron chi connectivity index (χ0n) is 22.5. The van der Waals surface area contributed by atoms with Gasteiger partial charge >= 0.3 is 35.3 Å². The van der Waals surface area contributed by atoms with Gasteiger partial charge in [0, 0.05) is 13.0 Å². The quantitative estimate of drug-likeness (QED) is 0.310. The minimum Gasteiger partial charge on any atom is -0.493 e. The smallest absolute Gasteiger partial charge is 0.493 e. The van der Waals surface area contributed by atoms with Crippen molar-refractivity contribution in [3.8, 4) is 22.6 Å². The van der Waals surface area contributed by atoms with Gasteiger partial charge < -0.3 is 24.1 Å². The molecule has 0 spiro atoms. The molecule has 9 heteroatoms. The van der Waals surface area contributed by atoms with Gasteiger partial charge in [-0.1, -0.05) is 30.3 Å². The van der Waals surface area contributed by atoms with E-state index in [0.29, 0.717) is 25.4 Å². The van der Waals surface area contributed by atoms with Crippen molar-refractivity contribution in [2.45, 2.75) is 52.9 Å². The molecule has 38 heavy (non-hydrogen) atoms. The monoisotopic (exact) mass is 526 g/mol. The number of rotatable bonds is 10. The van der Waals surface area contributed by atoms with Crippen LogP contribution < -0.4 is 55.5 Å². The normalized spacial score (nSPS) is 11.2. The number of aromatic nitrogens is 2. The van der Waals surface area contributed by atoms with E-state index < -0.39 is 17.0 Å². The minimum absolute atomic E-state index is 0. The van der Waals surface area contributed by atoms with Gasteiger partial charge in [-0.05, 0) is 91.4 Å². The molecule has 1 heterocycles. The standard InChI is InChI=1S/C29H32N2O6.Na/c1-19-14-25(35-13-12-29(3,4)34)15-20(2)26(19)23-7-5-6-22(16-23)18-36-24-10-8-21(9-11-24)17-31-27(32)30-28(33)37-31;/h5-11,14-16,34H,12-13,17-18H2,1-4H3,(H,30,32,33);/q;+1/p-1. The van der Waals surface area contributed by atoms with Gasteiger partial charge in [0.2, 0.25) is 0 Å². The fourth-order valence-electron chi connectivity index (χ4n) is 4.11. The molecule has 0 saturated carbocycles. The molecule has 0 aliphatic heterocycles. The van der Waals surface area contributed by atoms with Crippen molar-refractivity contribution < 1.29 is 48.7 Å². The second kappa shape index (κ2) is 12.7. The molecule has 194 valence electrons. The van der Waals surface area contributed by atoms with Gasteiger partial charge in [0.25, 0.3) is 0 Å². The Balaban J connectivity index is 0.00000400. The molecule has 0 amide bonds. The van der Waals surface area contributed by atoms with E-state index in [-0.39, 0.29) is 36.1 Å². The van der Waals surface area contributed by atoms with Gasteiger partial charge in [-0.15, -0.1) is 0 Å². The summed E-state index contributed by atoms with van der Waals surface area (Å²) in [6.07, 6.45) is 0.557. The Kier molecular flexibility index (Phi) is 9.84. The Hall–Kier alpha value is -3.04. The topological polar surface area (TPSA) is 105 Å². The summed E-state index contributed by atoms with van der Waals surface area (Å²) in [5.74, 6) is 0.583. The Labute approximate surface area is 243 Å². The number of hydrogen-bond acceptors (Lipinski definition) is 6. The zero-order valence-corrected chi connectivity index (χ0v) is 24.5. The number of aryl methyl sites for hydroxylation is 2. The Bertz CT molecular complexity index is 1460. The molecule has 0 atom stereocenters. The van der Waals surface area contributed by atoms with Crippen molar-refractivity contribution in [2.24, 2.45) is 0 Å². The van der Waals surface area contributed by atoms with Crippen LogP contribution in [0.5, 0.6) is 11.5 Å². The van der Waals surface area contributed by atoms with Crippen LogP contribution in [0.4, 0.5) is 0 Å². The number of nitrogens with zero attached hydrogens (tertiary/aromatic N) is 2. The summed E-state index contributed by atoms with van der Waals surface area (Å²) < 4.78 is 17.5.